The summed E-state index contributed by atoms with van der Waals surface area (Å²) in [6.45, 7) is 3.30. The van der Waals surface area contributed by atoms with Crippen LogP contribution in [-0.4, -0.2) is 25.6 Å². The van der Waals surface area contributed by atoms with Crippen molar-refractivity contribution >= 4 is 16.5 Å². The molecule has 1 unspecified atom stereocenters. The number of rotatable bonds is 4. The number of fused-ring (bicyclic) bond motifs is 1. The number of nitrogens with zero attached hydrogens (tertiary/aromatic N) is 2. The zero-order chi connectivity index (χ0) is 11.5. The van der Waals surface area contributed by atoms with Crippen LogP contribution in [0, 0.1) is 0 Å². The lowest BCUT2D eigenvalue weighted by molar-refractivity contribution is 0.501. The summed E-state index contributed by atoms with van der Waals surface area (Å²) < 4.78 is 0. The Kier molecular flexibility index (Phi) is 3.82. The highest BCUT2D eigenvalue weighted by atomic mass is 32.1. The van der Waals surface area contributed by atoms with E-state index in [0.29, 0.717) is 6.04 Å². The molecule has 0 aliphatic heterocycles. The van der Waals surface area contributed by atoms with Crippen molar-refractivity contribution in [2.45, 2.75) is 38.6 Å². The van der Waals surface area contributed by atoms with Gasteiger partial charge in [-0.3, -0.25) is 0 Å². The summed E-state index contributed by atoms with van der Waals surface area (Å²) in [6, 6.07) is 0.532. The number of nitrogens with one attached hydrogen (secondary N) is 1. The van der Waals surface area contributed by atoms with Gasteiger partial charge >= 0.3 is 0 Å². The fraction of sp³-hybridized carbons (Fsp3) is 0.750. The first kappa shape index (κ1) is 11.9. The summed E-state index contributed by atoms with van der Waals surface area (Å²) in [5.74, 6) is 0. The predicted molar refractivity (Wildman–Crippen MR) is 70.4 cm³/mol. The molecule has 4 heteroatoms. The highest BCUT2D eigenvalue weighted by molar-refractivity contribution is 7.15. The Labute approximate surface area is 102 Å². The van der Waals surface area contributed by atoms with Crippen molar-refractivity contribution < 1.29 is 0 Å². The van der Waals surface area contributed by atoms with Crippen LogP contribution in [0.4, 0.5) is 5.13 Å². The number of hydrogen-bond donors (Lipinski definition) is 1. The van der Waals surface area contributed by atoms with Crippen molar-refractivity contribution in [2.24, 2.45) is 0 Å². The van der Waals surface area contributed by atoms with Crippen molar-refractivity contribution in [1.82, 2.24) is 10.3 Å². The lowest BCUT2D eigenvalue weighted by Crippen LogP contribution is -2.19. The van der Waals surface area contributed by atoms with E-state index in [-0.39, 0.29) is 0 Å². The van der Waals surface area contributed by atoms with Crippen LogP contribution in [0.1, 0.15) is 42.8 Å². The Morgan fingerprint density at radius 3 is 3.06 bits per heavy atom. The van der Waals surface area contributed by atoms with E-state index >= 15 is 0 Å². The van der Waals surface area contributed by atoms with E-state index in [1.165, 1.54) is 35.0 Å². The second-order valence-electron chi connectivity index (χ2n) is 4.46. The SMILES string of the molecule is CCCN(C)c1nc2c(s1)C(NC)CCC2. The van der Waals surface area contributed by atoms with Crippen LogP contribution in [0.2, 0.25) is 0 Å². The molecule has 0 bridgehead atoms. The van der Waals surface area contributed by atoms with E-state index in [4.69, 9.17) is 4.98 Å². The van der Waals surface area contributed by atoms with Crippen molar-refractivity contribution in [3.63, 3.8) is 0 Å². The molecule has 1 N–H and O–H groups in total. The molecule has 1 aromatic rings. The van der Waals surface area contributed by atoms with Crippen LogP contribution in [0.5, 0.6) is 0 Å². The predicted octanol–water partition coefficient (Wildman–Crippen LogP) is 2.59. The third kappa shape index (κ3) is 2.23. The highest BCUT2D eigenvalue weighted by Crippen LogP contribution is 2.36. The van der Waals surface area contributed by atoms with Crippen molar-refractivity contribution in [1.29, 1.82) is 0 Å². The quantitative estimate of drug-likeness (QED) is 0.875. The number of thiazole rings is 1. The van der Waals surface area contributed by atoms with E-state index in [1.54, 1.807) is 0 Å². The zero-order valence-corrected chi connectivity index (χ0v) is 11.2. The fourth-order valence-corrected chi connectivity index (χ4v) is 3.52. The minimum Gasteiger partial charge on any atom is -0.351 e. The van der Waals surface area contributed by atoms with Gasteiger partial charge in [-0.1, -0.05) is 18.3 Å². The molecule has 0 saturated heterocycles. The largest absolute Gasteiger partial charge is 0.351 e. The van der Waals surface area contributed by atoms with Gasteiger partial charge in [0.2, 0.25) is 0 Å². The number of anilines is 1. The van der Waals surface area contributed by atoms with Crippen LogP contribution in [-0.2, 0) is 6.42 Å². The highest BCUT2D eigenvalue weighted by Gasteiger charge is 2.24. The molecule has 1 heterocycles. The van der Waals surface area contributed by atoms with E-state index in [2.05, 4.69) is 31.2 Å². The normalized spacial score (nSPS) is 19.6. The molecule has 2 rings (SSSR count). The minimum atomic E-state index is 0.532. The first-order valence-corrected chi connectivity index (χ1v) is 6.96. The summed E-state index contributed by atoms with van der Waals surface area (Å²) >= 11 is 1.87. The topological polar surface area (TPSA) is 28.2 Å². The Morgan fingerprint density at radius 1 is 1.56 bits per heavy atom. The third-order valence-electron chi connectivity index (χ3n) is 3.17. The average molecular weight is 239 g/mol. The van der Waals surface area contributed by atoms with Gasteiger partial charge in [-0.2, -0.15) is 0 Å². The monoisotopic (exact) mass is 239 g/mol. The molecule has 1 aromatic heterocycles. The van der Waals surface area contributed by atoms with Crippen LogP contribution < -0.4 is 10.2 Å². The maximum Gasteiger partial charge on any atom is 0.185 e. The molecule has 0 aromatic carbocycles. The fourth-order valence-electron chi connectivity index (χ4n) is 2.28. The van der Waals surface area contributed by atoms with Crippen LogP contribution in [0.25, 0.3) is 0 Å². The molecule has 1 atom stereocenters. The van der Waals surface area contributed by atoms with Crippen molar-refractivity contribution in [2.75, 3.05) is 25.5 Å². The first-order valence-electron chi connectivity index (χ1n) is 6.14. The Balaban J connectivity index is 2.21. The van der Waals surface area contributed by atoms with Crippen LogP contribution in [0.3, 0.4) is 0 Å². The molecular formula is C12H21N3S. The van der Waals surface area contributed by atoms with Crippen LogP contribution in [0.15, 0.2) is 0 Å². The lowest BCUT2D eigenvalue weighted by atomic mass is 9.98. The average Bonchev–Trinajstić information content (AvgIpc) is 2.72. The molecule has 1 aliphatic carbocycles. The minimum absolute atomic E-state index is 0.532. The molecule has 0 radical (unpaired) electrons. The summed E-state index contributed by atoms with van der Waals surface area (Å²) in [7, 11) is 4.19. The first-order chi connectivity index (χ1) is 7.76. The molecule has 0 spiro atoms. The van der Waals surface area contributed by atoms with Gasteiger partial charge in [-0.05, 0) is 32.7 Å². The van der Waals surface area contributed by atoms with E-state index < -0.39 is 0 Å². The van der Waals surface area contributed by atoms with Gasteiger partial charge in [0.15, 0.2) is 5.13 Å². The van der Waals surface area contributed by atoms with E-state index in [9.17, 15) is 0 Å². The zero-order valence-electron chi connectivity index (χ0n) is 10.4. The van der Waals surface area contributed by atoms with Gasteiger partial charge in [0.1, 0.15) is 0 Å². The number of aryl methyl sites for hydroxylation is 1. The van der Waals surface area contributed by atoms with Crippen molar-refractivity contribution in [3.8, 4) is 0 Å². The van der Waals surface area contributed by atoms with Crippen molar-refractivity contribution in [3.05, 3.63) is 10.6 Å². The molecule has 0 amide bonds. The second kappa shape index (κ2) is 5.15. The summed E-state index contributed by atoms with van der Waals surface area (Å²) in [4.78, 5) is 8.51. The summed E-state index contributed by atoms with van der Waals surface area (Å²) in [5.41, 5.74) is 1.33. The lowest BCUT2D eigenvalue weighted by Gasteiger charge is -2.19. The number of aromatic nitrogens is 1. The van der Waals surface area contributed by atoms with Gasteiger partial charge in [-0.25, -0.2) is 4.98 Å². The standard InChI is InChI=1S/C12H21N3S/c1-4-8-15(3)12-14-10-7-5-6-9(13-2)11(10)16-12/h9,13H,4-8H2,1-3H3. The molecule has 1 aliphatic rings. The van der Waals surface area contributed by atoms with Gasteiger partial charge in [0.25, 0.3) is 0 Å². The smallest absolute Gasteiger partial charge is 0.185 e. The van der Waals surface area contributed by atoms with Gasteiger partial charge in [0.05, 0.1) is 5.69 Å². The number of hydrogen-bond acceptors (Lipinski definition) is 4. The molecule has 3 nitrogen and oxygen atoms in total. The molecule has 90 valence electrons. The Bertz CT molecular complexity index is 348. The van der Waals surface area contributed by atoms with E-state index in [0.717, 1.165) is 13.0 Å². The van der Waals surface area contributed by atoms with E-state index in [1.807, 2.05) is 11.3 Å². The third-order valence-corrected chi connectivity index (χ3v) is 4.50. The summed E-state index contributed by atoms with van der Waals surface area (Å²) in [6.07, 6.45) is 4.85. The van der Waals surface area contributed by atoms with Gasteiger partial charge in [-0.15, -0.1) is 0 Å². The second-order valence-corrected chi connectivity index (χ2v) is 5.47. The maximum absolute atomic E-state index is 4.77. The molecule has 16 heavy (non-hydrogen) atoms. The Morgan fingerprint density at radius 2 is 2.38 bits per heavy atom. The molecule has 0 saturated carbocycles. The maximum atomic E-state index is 4.77. The molecule has 0 fully saturated rings. The Hall–Kier alpha value is -0.610. The summed E-state index contributed by atoms with van der Waals surface area (Å²) in [5, 5.41) is 4.59. The van der Waals surface area contributed by atoms with Gasteiger partial charge in [0, 0.05) is 24.5 Å². The molecular weight excluding hydrogens is 218 g/mol. The van der Waals surface area contributed by atoms with Crippen LogP contribution >= 0.6 is 11.3 Å². The van der Waals surface area contributed by atoms with Gasteiger partial charge < -0.3 is 10.2 Å².